The molecule has 3 fully saturated rings. The van der Waals surface area contributed by atoms with Crippen LogP contribution >= 0.6 is 0 Å². The smallest absolute Gasteiger partial charge is 0.190 e. The van der Waals surface area contributed by atoms with Gasteiger partial charge < -0.3 is 19.7 Å². The number of rotatable bonds is 5. The maximum absolute atomic E-state index is 17.1. The van der Waals surface area contributed by atoms with Crippen molar-refractivity contribution in [2.75, 3.05) is 20.5 Å². The van der Waals surface area contributed by atoms with Crippen LogP contribution in [0.25, 0.3) is 0 Å². The Balaban J connectivity index is 1.83. The third-order valence-electron chi connectivity index (χ3n) is 9.14. The van der Waals surface area contributed by atoms with E-state index in [1.54, 1.807) is 13.0 Å². The van der Waals surface area contributed by atoms with Gasteiger partial charge in [-0.15, -0.1) is 0 Å². The van der Waals surface area contributed by atoms with Crippen molar-refractivity contribution in [1.82, 2.24) is 0 Å². The fourth-order valence-electron chi connectivity index (χ4n) is 7.78. The fraction of sp³-hybridized carbons (Fsp3) is 0.750. The number of ketones is 2. The first-order valence-corrected chi connectivity index (χ1v) is 11.1. The molecule has 3 saturated carbocycles. The van der Waals surface area contributed by atoms with Crippen molar-refractivity contribution in [3.8, 4) is 0 Å². The van der Waals surface area contributed by atoms with Gasteiger partial charge in [0.25, 0.3) is 0 Å². The Labute approximate surface area is 182 Å². The number of ether oxygens (including phenoxy) is 2. The van der Waals surface area contributed by atoms with Gasteiger partial charge in [0.2, 0.25) is 0 Å². The summed E-state index contributed by atoms with van der Waals surface area (Å²) in [5, 5.41) is 21.2. The molecule has 2 N–H and O–H groups in total. The zero-order valence-electron chi connectivity index (χ0n) is 18.7. The molecule has 0 amide bonds. The van der Waals surface area contributed by atoms with Crippen LogP contribution in [-0.2, 0) is 19.1 Å². The Morgan fingerprint density at radius 3 is 2.68 bits per heavy atom. The predicted molar refractivity (Wildman–Crippen MR) is 111 cm³/mol. The van der Waals surface area contributed by atoms with E-state index < -0.39 is 46.5 Å². The number of carbonyl (C=O) groups is 2. The highest BCUT2D eigenvalue weighted by Gasteiger charge is 2.76. The maximum Gasteiger partial charge on any atom is 0.190 e. The highest BCUT2D eigenvalue weighted by atomic mass is 19.1. The van der Waals surface area contributed by atoms with Crippen molar-refractivity contribution in [3.63, 3.8) is 0 Å². The fourth-order valence-corrected chi connectivity index (χ4v) is 7.78. The Kier molecular flexibility index (Phi) is 5.36. The molecular weight excluding hydrogens is 403 g/mol. The molecule has 0 spiro atoms. The number of aliphatic hydroxyl groups is 2. The molecule has 0 aromatic heterocycles. The predicted octanol–water partition coefficient (Wildman–Crippen LogP) is 2.52. The quantitative estimate of drug-likeness (QED) is 0.644. The molecule has 0 unspecified atom stereocenters. The Morgan fingerprint density at radius 2 is 2.03 bits per heavy atom. The summed E-state index contributed by atoms with van der Waals surface area (Å²) in [6, 6.07) is 0. The summed E-state index contributed by atoms with van der Waals surface area (Å²) in [5.41, 5.74) is -4.54. The van der Waals surface area contributed by atoms with Gasteiger partial charge in [-0.2, -0.15) is 0 Å². The van der Waals surface area contributed by atoms with Gasteiger partial charge in [0, 0.05) is 23.9 Å². The number of aliphatic hydroxyl groups excluding tert-OH is 2. The van der Waals surface area contributed by atoms with Gasteiger partial charge >= 0.3 is 0 Å². The van der Waals surface area contributed by atoms with Crippen molar-refractivity contribution >= 4 is 11.6 Å². The molecule has 0 radical (unpaired) electrons. The standard InChI is InChI=1S/C24H33FO6/c1-14-9-18-17-6-5-15-10-16(27)7-8-21(15,2)23(17,25)19(28)11-22(18,3)24(14,20(29)12-26)31-13-30-4/h7-8,10,14,17-19,26,28H,5-6,9,11-13H2,1-4H3/t14-,17-,18-,19-,21-,22-,23-,24-/m0/s1. The summed E-state index contributed by atoms with van der Waals surface area (Å²) in [4.78, 5) is 25.1. The molecule has 7 heteroatoms. The summed E-state index contributed by atoms with van der Waals surface area (Å²) in [7, 11) is 1.46. The van der Waals surface area contributed by atoms with Gasteiger partial charge in [-0.25, -0.2) is 4.39 Å². The van der Waals surface area contributed by atoms with Crippen LogP contribution in [-0.4, -0.2) is 59.7 Å². The van der Waals surface area contributed by atoms with Crippen LogP contribution in [0.2, 0.25) is 0 Å². The monoisotopic (exact) mass is 436 g/mol. The average Bonchev–Trinajstić information content (AvgIpc) is 2.94. The third-order valence-corrected chi connectivity index (χ3v) is 9.14. The van der Waals surface area contributed by atoms with Crippen LogP contribution in [0.5, 0.6) is 0 Å². The molecule has 4 rings (SSSR count). The summed E-state index contributed by atoms with van der Waals surface area (Å²) in [5.74, 6) is -1.62. The summed E-state index contributed by atoms with van der Waals surface area (Å²) >= 11 is 0. The first kappa shape index (κ1) is 22.8. The van der Waals surface area contributed by atoms with Crippen LogP contribution in [0, 0.1) is 28.6 Å². The maximum atomic E-state index is 17.1. The van der Waals surface area contributed by atoms with Crippen LogP contribution in [0.3, 0.4) is 0 Å². The molecule has 172 valence electrons. The average molecular weight is 437 g/mol. The van der Waals surface area contributed by atoms with Gasteiger partial charge in [-0.05, 0) is 56.6 Å². The van der Waals surface area contributed by atoms with E-state index in [0.29, 0.717) is 19.3 Å². The second-order valence-corrected chi connectivity index (χ2v) is 10.3. The highest BCUT2D eigenvalue weighted by Crippen LogP contribution is 2.71. The zero-order chi connectivity index (χ0) is 22.8. The van der Waals surface area contributed by atoms with Crippen molar-refractivity contribution < 1.29 is 33.7 Å². The van der Waals surface area contributed by atoms with E-state index in [9.17, 15) is 19.8 Å². The minimum Gasteiger partial charge on any atom is -0.390 e. The molecule has 0 heterocycles. The second-order valence-electron chi connectivity index (χ2n) is 10.3. The molecule has 4 aliphatic carbocycles. The number of Topliss-reactive ketones (excluding diaryl/α,β-unsaturated/α-hetero) is 1. The third kappa shape index (κ3) is 2.63. The van der Waals surface area contributed by atoms with E-state index in [0.717, 1.165) is 5.57 Å². The normalized spacial score (nSPS) is 48.6. The van der Waals surface area contributed by atoms with Crippen molar-refractivity contribution in [3.05, 3.63) is 23.8 Å². The molecule has 6 nitrogen and oxygen atoms in total. The zero-order valence-corrected chi connectivity index (χ0v) is 18.7. The molecule has 0 aromatic carbocycles. The molecule has 4 aliphatic rings. The molecular formula is C24H33FO6. The highest BCUT2D eigenvalue weighted by molar-refractivity contribution is 6.01. The van der Waals surface area contributed by atoms with E-state index in [2.05, 4.69) is 0 Å². The van der Waals surface area contributed by atoms with E-state index in [4.69, 9.17) is 9.47 Å². The number of alkyl halides is 1. The van der Waals surface area contributed by atoms with Crippen molar-refractivity contribution in [1.29, 1.82) is 0 Å². The lowest BCUT2D eigenvalue weighted by Gasteiger charge is -2.63. The minimum absolute atomic E-state index is 0.0229. The van der Waals surface area contributed by atoms with Crippen LogP contribution in [0.4, 0.5) is 4.39 Å². The summed E-state index contributed by atoms with van der Waals surface area (Å²) in [6.07, 6.45) is 4.79. The molecule has 0 saturated heterocycles. The van der Waals surface area contributed by atoms with Gasteiger partial charge in [-0.1, -0.05) is 25.5 Å². The van der Waals surface area contributed by atoms with E-state index in [1.165, 1.54) is 19.3 Å². The summed E-state index contributed by atoms with van der Waals surface area (Å²) < 4.78 is 28.3. The number of fused-ring (bicyclic) bond motifs is 5. The molecule has 0 aromatic rings. The SMILES string of the molecule is COCO[C@]1(C(=O)CO)[C@@H](C)C[C@H]2[C@@H]3CCC4=CC(=O)C=C[C@]4(C)[C@@]3(F)[C@@H](O)C[C@@]21C. The number of methoxy groups -OCH3 is 1. The first-order valence-electron chi connectivity index (χ1n) is 11.1. The van der Waals surface area contributed by atoms with Gasteiger partial charge in [0.15, 0.2) is 17.2 Å². The number of hydrogen-bond donors (Lipinski definition) is 2. The number of carbonyl (C=O) groups excluding carboxylic acids is 2. The number of halogens is 1. The molecule has 0 bridgehead atoms. The van der Waals surface area contributed by atoms with Gasteiger partial charge in [0.1, 0.15) is 19.0 Å². The van der Waals surface area contributed by atoms with E-state index >= 15 is 4.39 Å². The Hall–Kier alpha value is -1.41. The first-order chi connectivity index (χ1) is 14.5. The van der Waals surface area contributed by atoms with Gasteiger partial charge in [0.05, 0.1) is 6.10 Å². The van der Waals surface area contributed by atoms with Crippen LogP contribution in [0.15, 0.2) is 23.8 Å². The molecule has 0 aliphatic heterocycles. The number of hydrogen-bond acceptors (Lipinski definition) is 6. The van der Waals surface area contributed by atoms with E-state index in [-0.39, 0.29) is 30.8 Å². The molecule has 31 heavy (non-hydrogen) atoms. The number of allylic oxidation sites excluding steroid dienone is 4. The molecule has 8 atom stereocenters. The van der Waals surface area contributed by atoms with Crippen molar-refractivity contribution in [2.45, 2.75) is 63.8 Å². The topological polar surface area (TPSA) is 93.1 Å². The van der Waals surface area contributed by atoms with Gasteiger partial charge in [-0.3, -0.25) is 9.59 Å². The largest absolute Gasteiger partial charge is 0.390 e. The van der Waals surface area contributed by atoms with Crippen LogP contribution in [0.1, 0.15) is 46.5 Å². The Bertz CT molecular complexity index is 853. The Morgan fingerprint density at radius 1 is 1.32 bits per heavy atom. The lowest BCUT2D eigenvalue weighted by Crippen LogP contribution is -2.70. The lowest BCUT2D eigenvalue weighted by atomic mass is 9.44. The van der Waals surface area contributed by atoms with E-state index in [1.807, 2.05) is 13.8 Å². The minimum atomic E-state index is -1.96. The lowest BCUT2D eigenvalue weighted by molar-refractivity contribution is -0.242. The second kappa shape index (κ2) is 7.30. The van der Waals surface area contributed by atoms with Crippen LogP contribution < -0.4 is 0 Å². The summed E-state index contributed by atoms with van der Waals surface area (Å²) in [6.45, 7) is 4.74. The van der Waals surface area contributed by atoms with Crippen molar-refractivity contribution in [2.24, 2.45) is 28.6 Å².